The Balaban J connectivity index is 1.47. The third kappa shape index (κ3) is 4.65. The molecule has 19 heavy (non-hydrogen) atoms. The van der Waals surface area contributed by atoms with E-state index in [2.05, 4.69) is 14.9 Å². The first-order valence-corrected chi connectivity index (χ1v) is 6.80. The normalized spacial score (nSPS) is 22.7. The van der Waals surface area contributed by atoms with Gasteiger partial charge in [0.2, 0.25) is 0 Å². The Morgan fingerprint density at radius 3 is 3.05 bits per heavy atom. The van der Waals surface area contributed by atoms with E-state index in [4.69, 9.17) is 9.84 Å². The molecule has 1 aliphatic rings. The van der Waals surface area contributed by atoms with E-state index in [9.17, 15) is 4.79 Å². The summed E-state index contributed by atoms with van der Waals surface area (Å²) in [7, 11) is 0. The first-order chi connectivity index (χ1) is 9.25. The van der Waals surface area contributed by atoms with Gasteiger partial charge in [-0.3, -0.25) is 0 Å². The summed E-state index contributed by atoms with van der Waals surface area (Å²) in [5, 5.41) is 12.1. The van der Waals surface area contributed by atoms with Crippen LogP contribution in [0.25, 0.3) is 0 Å². The average Bonchev–Trinajstić information content (AvgIpc) is 3.04. The minimum absolute atomic E-state index is 0.0507. The van der Waals surface area contributed by atoms with Crippen LogP contribution in [0.15, 0.2) is 18.7 Å². The van der Waals surface area contributed by atoms with Gasteiger partial charge in [-0.1, -0.05) is 0 Å². The number of imidazole rings is 1. The Labute approximate surface area is 112 Å². The van der Waals surface area contributed by atoms with Crippen LogP contribution in [0.4, 0.5) is 0 Å². The molecule has 2 heterocycles. The van der Waals surface area contributed by atoms with Crippen LogP contribution in [-0.4, -0.2) is 45.9 Å². The lowest BCUT2D eigenvalue weighted by Crippen LogP contribution is -2.29. The molecule has 0 spiro atoms. The van der Waals surface area contributed by atoms with E-state index in [0.717, 1.165) is 38.9 Å². The lowest BCUT2D eigenvalue weighted by Gasteiger charge is -2.12. The Morgan fingerprint density at radius 2 is 2.37 bits per heavy atom. The van der Waals surface area contributed by atoms with Crippen molar-refractivity contribution >= 4 is 5.97 Å². The molecule has 1 aromatic rings. The summed E-state index contributed by atoms with van der Waals surface area (Å²) in [5.74, 6) is -0.845. The molecular formula is C13H21N3O3. The zero-order chi connectivity index (χ0) is 13.5. The summed E-state index contributed by atoms with van der Waals surface area (Å²) < 4.78 is 7.48. The van der Waals surface area contributed by atoms with Crippen LogP contribution in [-0.2, 0) is 16.1 Å². The number of carbonyl (C=O) groups is 1. The molecule has 106 valence electrons. The molecular weight excluding hydrogens is 246 g/mol. The topological polar surface area (TPSA) is 76.4 Å². The molecule has 1 saturated heterocycles. The summed E-state index contributed by atoms with van der Waals surface area (Å²) >= 11 is 0. The van der Waals surface area contributed by atoms with Crippen LogP contribution in [0.3, 0.4) is 0 Å². The molecule has 0 aromatic carbocycles. The van der Waals surface area contributed by atoms with Crippen LogP contribution >= 0.6 is 0 Å². The highest BCUT2D eigenvalue weighted by atomic mass is 16.5. The van der Waals surface area contributed by atoms with Crippen LogP contribution in [0.5, 0.6) is 0 Å². The van der Waals surface area contributed by atoms with Gasteiger partial charge in [-0.25, -0.2) is 9.78 Å². The van der Waals surface area contributed by atoms with Gasteiger partial charge < -0.3 is 19.7 Å². The number of carboxylic acids is 1. The third-order valence-electron chi connectivity index (χ3n) is 3.33. The molecule has 2 N–H and O–H groups in total. The van der Waals surface area contributed by atoms with Gasteiger partial charge in [-0.2, -0.15) is 0 Å². The van der Waals surface area contributed by atoms with E-state index < -0.39 is 12.1 Å². The molecule has 1 fully saturated rings. The minimum Gasteiger partial charge on any atom is -0.479 e. The number of aliphatic carboxylic acids is 1. The number of nitrogens with zero attached hydrogens (tertiary/aromatic N) is 2. The van der Waals surface area contributed by atoms with E-state index >= 15 is 0 Å². The Morgan fingerprint density at radius 1 is 1.47 bits per heavy atom. The van der Waals surface area contributed by atoms with Crippen molar-refractivity contribution in [2.24, 2.45) is 0 Å². The molecule has 2 atom stereocenters. The molecule has 1 aromatic heterocycles. The van der Waals surface area contributed by atoms with Gasteiger partial charge in [0.1, 0.15) is 0 Å². The quantitative estimate of drug-likeness (QED) is 0.684. The Kier molecular flexibility index (Phi) is 5.35. The van der Waals surface area contributed by atoms with Crippen molar-refractivity contribution < 1.29 is 14.6 Å². The first-order valence-electron chi connectivity index (χ1n) is 6.80. The molecule has 2 unspecified atom stereocenters. The van der Waals surface area contributed by atoms with Crippen molar-refractivity contribution in [3.63, 3.8) is 0 Å². The van der Waals surface area contributed by atoms with Crippen molar-refractivity contribution in [3.05, 3.63) is 18.7 Å². The Bertz CT molecular complexity index is 380. The van der Waals surface area contributed by atoms with Crippen LogP contribution in [0.2, 0.25) is 0 Å². The molecule has 6 heteroatoms. The molecule has 0 saturated carbocycles. The largest absolute Gasteiger partial charge is 0.479 e. The summed E-state index contributed by atoms with van der Waals surface area (Å²) in [6, 6.07) is 0. The van der Waals surface area contributed by atoms with Crippen molar-refractivity contribution in [1.29, 1.82) is 0 Å². The SMILES string of the molecule is O=C(O)C1CCC(CNCCCCn2ccnc2)O1. The number of carboxylic acid groups (broad SMARTS) is 1. The minimum atomic E-state index is -0.845. The number of aryl methyl sites for hydroxylation is 1. The molecule has 1 aliphatic heterocycles. The summed E-state index contributed by atoms with van der Waals surface area (Å²) in [6.45, 7) is 2.67. The number of ether oxygens (including phenoxy) is 1. The van der Waals surface area contributed by atoms with Gasteiger partial charge in [0.25, 0.3) is 0 Å². The molecule has 6 nitrogen and oxygen atoms in total. The van der Waals surface area contributed by atoms with Crippen molar-refractivity contribution in [1.82, 2.24) is 14.9 Å². The fourth-order valence-corrected chi connectivity index (χ4v) is 2.26. The van der Waals surface area contributed by atoms with Crippen LogP contribution in [0, 0.1) is 0 Å². The second-order valence-corrected chi connectivity index (χ2v) is 4.87. The van der Waals surface area contributed by atoms with Gasteiger partial charge in [0.15, 0.2) is 6.10 Å². The monoisotopic (exact) mass is 267 g/mol. The zero-order valence-corrected chi connectivity index (χ0v) is 11.0. The highest BCUT2D eigenvalue weighted by molar-refractivity contribution is 5.72. The molecule has 0 amide bonds. The number of unbranched alkanes of at least 4 members (excludes halogenated alkanes) is 1. The maximum Gasteiger partial charge on any atom is 0.332 e. The van der Waals surface area contributed by atoms with E-state index in [-0.39, 0.29) is 6.10 Å². The highest BCUT2D eigenvalue weighted by Crippen LogP contribution is 2.19. The van der Waals surface area contributed by atoms with Gasteiger partial charge in [0, 0.05) is 25.5 Å². The van der Waals surface area contributed by atoms with E-state index in [0.29, 0.717) is 6.42 Å². The predicted octanol–water partition coefficient (Wildman–Crippen LogP) is 0.885. The lowest BCUT2D eigenvalue weighted by atomic mass is 10.2. The summed E-state index contributed by atoms with van der Waals surface area (Å²) in [5.41, 5.74) is 0. The van der Waals surface area contributed by atoms with Gasteiger partial charge >= 0.3 is 5.97 Å². The zero-order valence-electron chi connectivity index (χ0n) is 11.0. The molecule has 0 aliphatic carbocycles. The third-order valence-corrected chi connectivity index (χ3v) is 3.33. The molecule has 0 radical (unpaired) electrons. The standard InChI is InChI=1S/C13H21N3O3/c17-13(18)12-4-3-11(19-12)9-14-5-1-2-7-16-8-6-15-10-16/h6,8,10-12,14H,1-5,7,9H2,(H,17,18). The van der Waals surface area contributed by atoms with Crippen molar-refractivity contribution in [3.8, 4) is 0 Å². The second kappa shape index (κ2) is 7.25. The number of nitrogens with one attached hydrogen (secondary N) is 1. The van der Waals surface area contributed by atoms with Crippen molar-refractivity contribution in [2.45, 2.75) is 44.4 Å². The number of hydrogen-bond acceptors (Lipinski definition) is 4. The smallest absolute Gasteiger partial charge is 0.332 e. The number of aromatic nitrogens is 2. The lowest BCUT2D eigenvalue weighted by molar-refractivity contribution is -0.149. The Hall–Kier alpha value is -1.40. The maximum atomic E-state index is 10.7. The van der Waals surface area contributed by atoms with E-state index in [1.807, 2.05) is 12.5 Å². The van der Waals surface area contributed by atoms with Crippen LogP contribution in [0.1, 0.15) is 25.7 Å². The molecule has 2 rings (SSSR count). The average molecular weight is 267 g/mol. The maximum absolute atomic E-state index is 10.7. The second-order valence-electron chi connectivity index (χ2n) is 4.87. The van der Waals surface area contributed by atoms with Gasteiger partial charge in [0.05, 0.1) is 12.4 Å². The van der Waals surface area contributed by atoms with Gasteiger partial charge in [-0.15, -0.1) is 0 Å². The van der Waals surface area contributed by atoms with E-state index in [1.54, 1.807) is 6.20 Å². The summed E-state index contributed by atoms with van der Waals surface area (Å²) in [6.07, 6.45) is 8.68. The predicted molar refractivity (Wildman–Crippen MR) is 69.9 cm³/mol. The highest BCUT2D eigenvalue weighted by Gasteiger charge is 2.29. The fourth-order valence-electron chi connectivity index (χ4n) is 2.26. The van der Waals surface area contributed by atoms with Crippen LogP contribution < -0.4 is 5.32 Å². The fraction of sp³-hybridized carbons (Fsp3) is 0.692. The molecule has 0 bridgehead atoms. The van der Waals surface area contributed by atoms with E-state index in [1.165, 1.54) is 0 Å². The van der Waals surface area contributed by atoms with Crippen molar-refractivity contribution in [2.75, 3.05) is 13.1 Å². The first kappa shape index (κ1) is 14.0. The number of hydrogen-bond donors (Lipinski definition) is 2. The number of rotatable bonds is 8. The summed E-state index contributed by atoms with van der Waals surface area (Å²) in [4.78, 5) is 14.7. The van der Waals surface area contributed by atoms with Gasteiger partial charge in [-0.05, 0) is 32.2 Å².